The Kier molecular flexibility index (Phi) is 3.39. The molecule has 0 fully saturated rings. The molecule has 0 spiro atoms. The Balaban J connectivity index is 2.48. The zero-order chi connectivity index (χ0) is 13.0. The van der Waals surface area contributed by atoms with Crippen LogP contribution in [-0.4, -0.2) is 24.2 Å². The molecule has 0 saturated carbocycles. The van der Waals surface area contributed by atoms with E-state index >= 15 is 0 Å². The zero-order valence-corrected chi connectivity index (χ0v) is 10.0. The third-order valence-corrected chi connectivity index (χ3v) is 2.41. The van der Waals surface area contributed by atoms with Crippen LogP contribution in [0.3, 0.4) is 0 Å². The Morgan fingerprint density at radius 2 is 1.89 bits per heavy atom. The van der Waals surface area contributed by atoms with Crippen molar-refractivity contribution in [1.82, 2.24) is 9.97 Å². The summed E-state index contributed by atoms with van der Waals surface area (Å²) >= 11 is 0. The normalized spacial score (nSPS) is 9.61. The maximum Gasteiger partial charge on any atom is 0.161 e. The minimum atomic E-state index is 0.329. The van der Waals surface area contributed by atoms with E-state index in [2.05, 4.69) is 9.97 Å². The van der Waals surface area contributed by atoms with E-state index < -0.39 is 0 Å². The van der Waals surface area contributed by atoms with Crippen LogP contribution in [0.5, 0.6) is 11.5 Å². The summed E-state index contributed by atoms with van der Waals surface area (Å²) in [5, 5.41) is 8.81. The molecule has 0 unspecified atom stereocenters. The van der Waals surface area contributed by atoms with Gasteiger partial charge in [0.05, 0.1) is 14.2 Å². The number of ether oxygens (including phenoxy) is 2. The molecule has 2 aromatic rings. The predicted octanol–water partition coefficient (Wildman–Crippen LogP) is 2.03. The van der Waals surface area contributed by atoms with Gasteiger partial charge in [0.1, 0.15) is 11.8 Å². The number of aromatic nitrogens is 2. The second kappa shape index (κ2) is 5.15. The van der Waals surface area contributed by atoms with E-state index in [1.807, 2.05) is 12.1 Å². The lowest BCUT2D eigenvalue weighted by molar-refractivity contribution is 0.355. The SMILES string of the molecule is COc1ccc(-c2nccc(C#N)n2)cc1OC. The van der Waals surface area contributed by atoms with Gasteiger partial charge in [0.2, 0.25) is 0 Å². The van der Waals surface area contributed by atoms with Gasteiger partial charge in [-0.05, 0) is 24.3 Å². The van der Waals surface area contributed by atoms with Gasteiger partial charge in [0, 0.05) is 11.8 Å². The first-order valence-corrected chi connectivity index (χ1v) is 5.24. The Hall–Kier alpha value is -2.61. The van der Waals surface area contributed by atoms with E-state index in [1.54, 1.807) is 38.6 Å². The molecule has 1 aromatic heterocycles. The molecule has 1 aromatic carbocycles. The molecule has 5 heteroatoms. The van der Waals surface area contributed by atoms with Gasteiger partial charge in [-0.3, -0.25) is 0 Å². The third kappa shape index (κ3) is 2.23. The summed E-state index contributed by atoms with van der Waals surface area (Å²) in [4.78, 5) is 8.25. The van der Waals surface area contributed by atoms with E-state index in [0.29, 0.717) is 23.0 Å². The fraction of sp³-hybridized carbons (Fsp3) is 0.154. The summed E-state index contributed by atoms with van der Waals surface area (Å²) in [7, 11) is 3.14. The van der Waals surface area contributed by atoms with Crippen LogP contribution in [0, 0.1) is 11.3 Å². The van der Waals surface area contributed by atoms with Crippen molar-refractivity contribution < 1.29 is 9.47 Å². The van der Waals surface area contributed by atoms with Crippen LogP contribution in [0.25, 0.3) is 11.4 Å². The Morgan fingerprint density at radius 3 is 2.56 bits per heavy atom. The average molecular weight is 241 g/mol. The second-order valence-corrected chi connectivity index (χ2v) is 3.45. The first-order chi connectivity index (χ1) is 8.78. The van der Waals surface area contributed by atoms with E-state index in [9.17, 15) is 0 Å². The van der Waals surface area contributed by atoms with Gasteiger partial charge in [-0.25, -0.2) is 9.97 Å². The summed E-state index contributed by atoms with van der Waals surface area (Å²) in [5.41, 5.74) is 1.10. The number of nitrogens with zero attached hydrogens (tertiary/aromatic N) is 3. The minimum absolute atomic E-state index is 0.329. The first kappa shape index (κ1) is 11.9. The molecule has 0 aliphatic rings. The van der Waals surface area contributed by atoms with Crippen molar-refractivity contribution in [1.29, 1.82) is 5.26 Å². The average Bonchev–Trinajstić information content (AvgIpc) is 2.46. The lowest BCUT2D eigenvalue weighted by Gasteiger charge is -2.08. The van der Waals surface area contributed by atoms with Crippen LogP contribution >= 0.6 is 0 Å². The molecule has 0 atom stereocenters. The fourth-order valence-corrected chi connectivity index (χ4v) is 1.54. The standard InChI is InChI=1S/C13H11N3O2/c1-17-11-4-3-9(7-12(11)18-2)13-15-6-5-10(8-14)16-13/h3-7H,1-2H3. The third-order valence-electron chi connectivity index (χ3n) is 2.41. The maximum absolute atomic E-state index is 8.81. The zero-order valence-electron chi connectivity index (χ0n) is 10.0. The Morgan fingerprint density at radius 1 is 1.11 bits per heavy atom. The number of rotatable bonds is 3. The highest BCUT2D eigenvalue weighted by molar-refractivity contribution is 5.61. The van der Waals surface area contributed by atoms with Crippen LogP contribution in [0.15, 0.2) is 30.5 Å². The van der Waals surface area contributed by atoms with Crippen molar-refractivity contribution in [3.63, 3.8) is 0 Å². The van der Waals surface area contributed by atoms with Crippen LogP contribution < -0.4 is 9.47 Å². The molecule has 0 aliphatic heterocycles. The molecule has 0 aliphatic carbocycles. The molecule has 1 heterocycles. The number of hydrogen-bond donors (Lipinski definition) is 0. The lowest BCUT2D eigenvalue weighted by Crippen LogP contribution is -1.94. The molecule has 5 nitrogen and oxygen atoms in total. The van der Waals surface area contributed by atoms with E-state index in [4.69, 9.17) is 14.7 Å². The van der Waals surface area contributed by atoms with Gasteiger partial charge in [0.25, 0.3) is 0 Å². The summed E-state index contributed by atoms with van der Waals surface area (Å²) < 4.78 is 10.4. The Bertz CT molecular complexity index is 605. The predicted molar refractivity (Wildman–Crippen MR) is 65.3 cm³/mol. The molecule has 0 saturated heterocycles. The minimum Gasteiger partial charge on any atom is -0.493 e. The van der Waals surface area contributed by atoms with E-state index in [0.717, 1.165) is 5.56 Å². The molecular formula is C13H11N3O2. The van der Waals surface area contributed by atoms with Crippen LogP contribution in [-0.2, 0) is 0 Å². The first-order valence-electron chi connectivity index (χ1n) is 5.24. The van der Waals surface area contributed by atoms with Crippen molar-refractivity contribution >= 4 is 0 Å². The summed E-state index contributed by atoms with van der Waals surface area (Å²) in [6.45, 7) is 0. The largest absolute Gasteiger partial charge is 0.493 e. The molecule has 90 valence electrons. The number of benzene rings is 1. The maximum atomic E-state index is 8.81. The highest BCUT2D eigenvalue weighted by atomic mass is 16.5. The van der Waals surface area contributed by atoms with Crippen LogP contribution in [0.1, 0.15) is 5.69 Å². The van der Waals surface area contributed by atoms with Crippen molar-refractivity contribution in [2.45, 2.75) is 0 Å². The molecule has 0 radical (unpaired) electrons. The number of hydrogen-bond acceptors (Lipinski definition) is 5. The van der Waals surface area contributed by atoms with Gasteiger partial charge in [0.15, 0.2) is 17.3 Å². The van der Waals surface area contributed by atoms with Crippen LogP contribution in [0.2, 0.25) is 0 Å². The van der Waals surface area contributed by atoms with Crippen molar-refractivity contribution in [2.75, 3.05) is 14.2 Å². The van der Waals surface area contributed by atoms with Gasteiger partial charge in [-0.2, -0.15) is 5.26 Å². The van der Waals surface area contributed by atoms with Crippen LogP contribution in [0.4, 0.5) is 0 Å². The molecular weight excluding hydrogens is 230 g/mol. The second-order valence-electron chi connectivity index (χ2n) is 3.45. The highest BCUT2D eigenvalue weighted by Gasteiger charge is 2.08. The van der Waals surface area contributed by atoms with Gasteiger partial charge in [-0.1, -0.05) is 0 Å². The number of nitriles is 1. The number of methoxy groups -OCH3 is 2. The lowest BCUT2D eigenvalue weighted by atomic mass is 10.2. The van der Waals surface area contributed by atoms with Gasteiger partial charge in [-0.15, -0.1) is 0 Å². The topological polar surface area (TPSA) is 68.0 Å². The van der Waals surface area contributed by atoms with Crippen molar-refractivity contribution in [2.24, 2.45) is 0 Å². The van der Waals surface area contributed by atoms with E-state index in [-0.39, 0.29) is 0 Å². The molecule has 0 amide bonds. The van der Waals surface area contributed by atoms with Gasteiger partial charge >= 0.3 is 0 Å². The Labute approximate surface area is 105 Å². The monoisotopic (exact) mass is 241 g/mol. The molecule has 0 bridgehead atoms. The smallest absolute Gasteiger partial charge is 0.161 e. The quantitative estimate of drug-likeness (QED) is 0.822. The summed E-state index contributed by atoms with van der Waals surface area (Å²) in [6.07, 6.45) is 1.55. The van der Waals surface area contributed by atoms with E-state index in [1.165, 1.54) is 0 Å². The summed E-state index contributed by atoms with van der Waals surface area (Å²) in [6, 6.07) is 8.91. The highest BCUT2D eigenvalue weighted by Crippen LogP contribution is 2.30. The molecule has 0 N–H and O–H groups in total. The molecule has 2 rings (SSSR count). The van der Waals surface area contributed by atoms with Gasteiger partial charge < -0.3 is 9.47 Å². The molecule has 18 heavy (non-hydrogen) atoms. The fourth-order valence-electron chi connectivity index (χ4n) is 1.54. The van der Waals surface area contributed by atoms with Crippen molar-refractivity contribution in [3.8, 4) is 29.0 Å². The summed E-state index contributed by atoms with van der Waals surface area (Å²) in [5.74, 6) is 1.72. The van der Waals surface area contributed by atoms with Crippen molar-refractivity contribution in [3.05, 3.63) is 36.2 Å².